The van der Waals surface area contributed by atoms with Gasteiger partial charge in [-0.05, 0) is 111 Å². The monoisotopic (exact) mass is 1740 g/mol. The SMILES string of the molecule is Cc1cn([C@H]2CC(OP(O)(=S)OC[C@H]3O[C@@H](n4cnc5c(=O)[nH]c(N)nc54)CC3OP(=S)(S)OC[C@H]3O[C@@H](n4cc(C)c(=O)[nH]c4=O)CC3OP(O)(=S)OC[C@H]3O[C@@H](n4ccc(N)nc4=O)CC3C(C)C)[C@@H](COP(O)(=S)OC3C[C@H](n4cnc5c(=O)[nH]c(N)nc54)O[C@@H]3COP(O)(=S)OC(C)C)O2)c(=O)[nH]c1=O. The molecule has 10 unspecified atom stereocenters. The number of nitrogens with zero attached hydrogens (tertiary/aromatic N) is 10. The lowest BCUT2D eigenvalue weighted by atomic mass is 9.89. The molecule has 0 aromatic carbocycles. The first-order chi connectivity index (χ1) is 51.2. The topological polar surface area (TPSA) is 569 Å². The lowest BCUT2D eigenvalue weighted by molar-refractivity contribution is -0.0543. The standard InChI is InChI=1S/C55H76N17O26P5S6/c1-23(2)27-9-38(68-8-7-37(56)61-53(68)77)89-32(27)16-84-100(81,105)96-29-11-40(70-15-26(6)48(74)67-55(70)79)91-36(29)20-88-103(108,109)98-31-13-42(72-22-60-44-46(72)63-52(58)65-50(44)76)93-35(31)19-87-102(83,107)95-28-10-39(69-14-25(5)47(73)66-54(69)78)90-33(28)18-86-101(82,106)97-30-12-41(92-34(30)17-85-99(80,104)94-24(3)4)71-21-59-43-45(71)62-51(57)64-49(43)75/h7-8,14-15,21-24,27-36,38-42H,9-13,16-20H2,1-6H3,(H,80,104)(H,81,105)(H,82,106)(H,83,107)(H,108,109)(H2,56,61,77)(H,66,73,78)(H,67,74,79)(H3,57,62,64,75)(H3,58,63,65,76)/t27?,28?,29?,30?,31?,32-,33-,34-,35-,36-,38-,39-,40-,41-,42-,99?,100?,101?,102?/m1/s1. The molecule has 0 spiro atoms. The van der Waals surface area contributed by atoms with Crippen LogP contribution >= 0.6 is 44.8 Å². The maximum Gasteiger partial charge on any atom is 0.351 e. The predicted octanol–water partition coefficient (Wildman–Crippen LogP) is 1.75. The van der Waals surface area contributed by atoms with Gasteiger partial charge in [0.05, 0.1) is 82.3 Å². The van der Waals surface area contributed by atoms with E-state index < -0.39 is 190 Å². The highest BCUT2D eigenvalue weighted by molar-refractivity contribution is 8.60. The quantitative estimate of drug-likeness (QED) is 0.0217. The molecule has 5 saturated heterocycles. The second-order valence-corrected chi connectivity index (χ2v) is 42.7. The van der Waals surface area contributed by atoms with Crippen molar-refractivity contribution in [2.75, 3.05) is 50.2 Å². The Morgan fingerprint density at radius 3 is 1.28 bits per heavy atom. The number of fused-ring (bicyclic) bond motifs is 2. The van der Waals surface area contributed by atoms with Crippen molar-refractivity contribution in [2.24, 2.45) is 11.8 Å². The Kier molecular flexibility index (Phi) is 25.7. The number of aryl methyl sites for hydroxylation is 2. The number of imidazole rings is 2. The number of aromatic nitrogens is 14. The highest BCUT2D eigenvalue weighted by atomic mass is 32.9. The fourth-order valence-electron chi connectivity index (χ4n) is 12.8. The number of ether oxygens (including phenoxy) is 5. The van der Waals surface area contributed by atoms with Gasteiger partial charge in [0.25, 0.3) is 22.2 Å². The van der Waals surface area contributed by atoms with Gasteiger partial charge in [-0.3, -0.25) is 61.9 Å². The minimum absolute atomic E-state index is 0.000456. The van der Waals surface area contributed by atoms with Crippen molar-refractivity contribution in [1.82, 2.24) is 67.7 Å². The van der Waals surface area contributed by atoms with Crippen molar-refractivity contribution in [3.8, 4) is 0 Å². The Morgan fingerprint density at radius 2 is 0.872 bits per heavy atom. The van der Waals surface area contributed by atoms with Crippen molar-refractivity contribution >= 4 is 144 Å². The van der Waals surface area contributed by atoms with E-state index in [0.717, 1.165) is 9.13 Å². The molecule has 7 aromatic rings. The molecule has 14 N–H and O–H groups in total. The molecule has 598 valence electrons. The predicted molar refractivity (Wildman–Crippen MR) is 406 cm³/mol. The highest BCUT2D eigenvalue weighted by Crippen LogP contribution is 2.59. The zero-order valence-electron chi connectivity index (χ0n) is 58.0. The summed E-state index contributed by atoms with van der Waals surface area (Å²) in [6, 6.07) is 1.46. The number of nitrogen functional groups attached to an aromatic ring is 3. The second kappa shape index (κ2) is 33.6. The van der Waals surface area contributed by atoms with Crippen LogP contribution < -0.4 is 56.5 Å². The number of hydrogen-bond acceptors (Lipinski definition) is 35. The van der Waals surface area contributed by atoms with Gasteiger partial charge in [-0.2, -0.15) is 15.0 Å². The van der Waals surface area contributed by atoms with Crippen LogP contribution in [0.2, 0.25) is 0 Å². The minimum Gasteiger partial charge on any atom is -0.383 e. The normalized spacial score (nSPS) is 28.8. The zero-order chi connectivity index (χ0) is 78.7. The lowest BCUT2D eigenvalue weighted by Crippen LogP contribution is -2.33. The molecule has 12 rings (SSSR count). The molecule has 0 aliphatic carbocycles. The maximum absolute atomic E-state index is 13.4. The summed E-state index contributed by atoms with van der Waals surface area (Å²) in [5, 5.41) is 0. The van der Waals surface area contributed by atoms with Crippen LogP contribution in [0.25, 0.3) is 22.3 Å². The average molecular weight is 1740 g/mol. The number of rotatable bonds is 31. The molecule has 5 fully saturated rings. The van der Waals surface area contributed by atoms with Crippen molar-refractivity contribution in [2.45, 2.75) is 166 Å². The van der Waals surface area contributed by atoms with Crippen molar-refractivity contribution in [3.63, 3.8) is 0 Å². The zero-order valence-corrected chi connectivity index (χ0v) is 67.5. The molecule has 12 heterocycles. The molecular weight excluding hydrogens is 1660 g/mol. The number of nitrogens with two attached hydrogens (primary N) is 3. The van der Waals surface area contributed by atoms with Crippen LogP contribution in [0.15, 0.2) is 70.9 Å². The van der Waals surface area contributed by atoms with Gasteiger partial charge >= 0.3 is 43.9 Å². The van der Waals surface area contributed by atoms with E-state index >= 15 is 0 Å². The summed E-state index contributed by atoms with van der Waals surface area (Å²) in [5.41, 5.74) is 8.67. The Morgan fingerprint density at radius 1 is 0.505 bits per heavy atom. The summed E-state index contributed by atoms with van der Waals surface area (Å²) in [6.45, 7) is -9.87. The summed E-state index contributed by atoms with van der Waals surface area (Å²) in [4.78, 5) is 167. The van der Waals surface area contributed by atoms with Crippen LogP contribution in [0, 0.1) is 25.7 Å². The molecule has 43 nitrogen and oxygen atoms in total. The van der Waals surface area contributed by atoms with Crippen LogP contribution in [-0.4, -0.2) is 181 Å². The molecule has 109 heavy (non-hydrogen) atoms. The number of hydrogen-bond donors (Lipinski definition) is 12. The maximum atomic E-state index is 13.4. The van der Waals surface area contributed by atoms with E-state index in [4.69, 9.17) is 157 Å². The average Bonchev–Trinajstić information content (AvgIpc) is 1.76. The lowest BCUT2D eigenvalue weighted by Gasteiger charge is -2.29. The van der Waals surface area contributed by atoms with E-state index in [1.54, 1.807) is 13.8 Å². The van der Waals surface area contributed by atoms with Gasteiger partial charge in [-0.25, -0.2) is 24.4 Å². The molecule has 0 bridgehead atoms. The number of nitrogens with one attached hydrogen (secondary N) is 4. The Hall–Kier alpha value is -4.82. The molecule has 0 amide bonds. The van der Waals surface area contributed by atoms with Crippen LogP contribution in [0.1, 0.15) is 102 Å². The molecule has 0 radical (unpaired) electrons. The Balaban J connectivity index is 0.758. The third-order valence-electron chi connectivity index (χ3n) is 17.9. The molecular formula is C55H76N17O26P5S6. The van der Waals surface area contributed by atoms with Crippen molar-refractivity contribution in [1.29, 1.82) is 0 Å². The largest absolute Gasteiger partial charge is 0.383 e. The summed E-state index contributed by atoms with van der Waals surface area (Å²) in [7, 11) is 0. The van der Waals surface area contributed by atoms with E-state index in [1.165, 1.54) is 64.9 Å². The highest BCUT2D eigenvalue weighted by Gasteiger charge is 2.49. The minimum atomic E-state index is -4.60. The van der Waals surface area contributed by atoms with Gasteiger partial charge in [0.15, 0.2) is 22.3 Å². The number of aromatic amines is 4. The van der Waals surface area contributed by atoms with Gasteiger partial charge in [0, 0.05) is 55.4 Å². The first-order valence-electron chi connectivity index (χ1n) is 33.2. The van der Waals surface area contributed by atoms with Crippen LogP contribution in [0.3, 0.4) is 0 Å². The Bertz CT molecular complexity index is 5280. The summed E-state index contributed by atoms with van der Waals surface area (Å²) >= 11 is 32.7. The van der Waals surface area contributed by atoms with Gasteiger partial charge in [0.1, 0.15) is 61.4 Å². The van der Waals surface area contributed by atoms with Crippen molar-refractivity contribution < 1.29 is 88.5 Å². The van der Waals surface area contributed by atoms with Gasteiger partial charge in [0.2, 0.25) is 17.6 Å². The van der Waals surface area contributed by atoms with E-state index in [-0.39, 0.29) is 95.3 Å². The smallest absolute Gasteiger partial charge is 0.351 e. The first-order valence-corrected chi connectivity index (χ1v) is 47.3. The summed E-state index contributed by atoms with van der Waals surface area (Å²) < 4.78 is 98.1. The van der Waals surface area contributed by atoms with E-state index in [2.05, 4.69) is 44.9 Å². The van der Waals surface area contributed by atoms with Gasteiger partial charge in [-0.15, -0.1) is 0 Å². The third kappa shape index (κ3) is 20.1. The van der Waals surface area contributed by atoms with Gasteiger partial charge < -0.3 is 106 Å². The molecule has 7 aromatic heterocycles. The van der Waals surface area contributed by atoms with E-state index in [0.29, 0.717) is 6.42 Å². The third-order valence-corrected chi connectivity index (χ3v) is 26.6. The molecule has 0 saturated carbocycles. The van der Waals surface area contributed by atoms with Crippen LogP contribution in [0.4, 0.5) is 17.7 Å². The van der Waals surface area contributed by atoms with Crippen molar-refractivity contribution in [3.05, 3.63) is 121 Å². The number of H-pyrrole nitrogens is 4. The second-order valence-electron chi connectivity index (χ2n) is 26.3. The van der Waals surface area contributed by atoms with Crippen LogP contribution in [0.5, 0.6) is 0 Å². The number of thiol groups is 1. The Labute approximate surface area is 645 Å². The summed E-state index contributed by atoms with van der Waals surface area (Å²) in [5.74, 6) is -0.668. The molecule has 54 heteroatoms. The van der Waals surface area contributed by atoms with E-state index in [9.17, 15) is 53.1 Å². The van der Waals surface area contributed by atoms with E-state index in [1.807, 2.05) is 13.8 Å². The molecule has 20 atom stereocenters. The molecule has 5 aliphatic heterocycles. The van der Waals surface area contributed by atoms with Gasteiger partial charge in [-0.1, -0.05) is 26.1 Å². The first kappa shape index (κ1) is 83.6. The molecule has 5 aliphatic rings. The fraction of sp³-hybridized carbons (Fsp3) is 0.600. The number of anilines is 3. The fourth-order valence-corrected chi connectivity index (χ4v) is 20.9. The van der Waals surface area contributed by atoms with Crippen LogP contribution in [-0.2, 0) is 128 Å². The summed E-state index contributed by atoms with van der Waals surface area (Å²) in [6.07, 6.45) is -10.8.